The fourth-order valence-electron chi connectivity index (χ4n) is 2.16. The van der Waals surface area contributed by atoms with Crippen LogP contribution in [0.2, 0.25) is 0 Å². The monoisotopic (exact) mass is 372 g/mol. The lowest BCUT2D eigenvalue weighted by Crippen LogP contribution is -2.29. The summed E-state index contributed by atoms with van der Waals surface area (Å²) in [5.41, 5.74) is 0.809. The summed E-state index contributed by atoms with van der Waals surface area (Å²) in [4.78, 5) is 16.4. The smallest absolute Gasteiger partial charge is 0.251 e. The number of amides is 1. The molecule has 0 atom stereocenters. The zero-order valence-electron chi connectivity index (χ0n) is 14.6. The number of benzene rings is 1. The molecule has 2 rings (SSSR count). The number of nitriles is 1. The summed E-state index contributed by atoms with van der Waals surface area (Å²) < 4.78 is 24.1. The number of anilines is 1. The van der Waals surface area contributed by atoms with E-state index in [2.05, 4.69) is 15.6 Å². The molecule has 26 heavy (non-hydrogen) atoms. The van der Waals surface area contributed by atoms with Crippen molar-refractivity contribution in [1.29, 1.82) is 5.26 Å². The van der Waals surface area contributed by atoms with Crippen LogP contribution in [0.5, 0.6) is 0 Å². The Labute approximate surface area is 153 Å². The molecule has 0 aliphatic rings. The Morgan fingerprint density at radius 2 is 1.88 bits per heavy atom. The molecule has 0 saturated heterocycles. The van der Waals surface area contributed by atoms with E-state index in [1.165, 1.54) is 24.3 Å². The number of carbonyl (C=O) groups excluding carboxylic acids is 1. The molecule has 1 aromatic carbocycles. The standard InChI is InChI=1S/C18H20N4O3S/c1-13(2)26(24,25)16-7-5-14(6-8-16)18(23)22-11-10-21-17-15(12-19)4-3-9-20-17/h3-9,13H,10-11H2,1-2H3,(H,20,21)(H,22,23). The second-order valence-electron chi connectivity index (χ2n) is 5.81. The molecule has 1 heterocycles. The Balaban J connectivity index is 1.90. The quantitative estimate of drug-likeness (QED) is 0.719. The summed E-state index contributed by atoms with van der Waals surface area (Å²) in [6.45, 7) is 3.95. The molecule has 0 fully saturated rings. The first-order chi connectivity index (χ1) is 12.4. The Hall–Kier alpha value is -2.92. The highest BCUT2D eigenvalue weighted by molar-refractivity contribution is 7.92. The first kappa shape index (κ1) is 19.4. The van der Waals surface area contributed by atoms with Crippen LogP contribution >= 0.6 is 0 Å². The third-order valence-corrected chi connectivity index (χ3v) is 5.87. The van der Waals surface area contributed by atoms with E-state index in [1.54, 1.807) is 32.2 Å². The topological polar surface area (TPSA) is 112 Å². The van der Waals surface area contributed by atoms with Crippen molar-refractivity contribution in [1.82, 2.24) is 10.3 Å². The SMILES string of the molecule is CC(C)S(=O)(=O)c1ccc(C(=O)NCCNc2ncccc2C#N)cc1. The van der Waals surface area contributed by atoms with E-state index in [9.17, 15) is 13.2 Å². The van der Waals surface area contributed by atoms with Gasteiger partial charge in [0.05, 0.1) is 15.7 Å². The van der Waals surface area contributed by atoms with Gasteiger partial charge in [0.25, 0.3) is 5.91 Å². The van der Waals surface area contributed by atoms with Crippen LogP contribution in [0.3, 0.4) is 0 Å². The molecular formula is C18H20N4O3S. The van der Waals surface area contributed by atoms with E-state index in [0.29, 0.717) is 30.0 Å². The zero-order chi connectivity index (χ0) is 19.2. The molecule has 0 unspecified atom stereocenters. The van der Waals surface area contributed by atoms with Crippen molar-refractivity contribution in [2.24, 2.45) is 0 Å². The van der Waals surface area contributed by atoms with Gasteiger partial charge < -0.3 is 10.6 Å². The molecule has 0 aliphatic heterocycles. The van der Waals surface area contributed by atoms with Crippen molar-refractivity contribution in [3.8, 4) is 6.07 Å². The van der Waals surface area contributed by atoms with Crippen LogP contribution in [-0.2, 0) is 9.84 Å². The number of pyridine rings is 1. The molecule has 1 amide bonds. The number of hydrogen-bond acceptors (Lipinski definition) is 6. The number of hydrogen-bond donors (Lipinski definition) is 2. The van der Waals surface area contributed by atoms with Crippen LogP contribution in [0.4, 0.5) is 5.82 Å². The largest absolute Gasteiger partial charge is 0.367 e. The van der Waals surface area contributed by atoms with E-state index in [0.717, 1.165) is 0 Å². The van der Waals surface area contributed by atoms with Gasteiger partial charge in [0.15, 0.2) is 9.84 Å². The Morgan fingerprint density at radius 3 is 2.50 bits per heavy atom. The minimum absolute atomic E-state index is 0.199. The molecule has 0 spiro atoms. The number of aromatic nitrogens is 1. The van der Waals surface area contributed by atoms with Gasteiger partial charge in [-0.1, -0.05) is 0 Å². The van der Waals surface area contributed by atoms with Crippen LogP contribution in [0.25, 0.3) is 0 Å². The van der Waals surface area contributed by atoms with Crippen LogP contribution in [0, 0.1) is 11.3 Å². The third-order valence-electron chi connectivity index (χ3n) is 3.70. The average molecular weight is 372 g/mol. The lowest BCUT2D eigenvalue weighted by Gasteiger charge is -2.10. The van der Waals surface area contributed by atoms with Gasteiger partial charge in [-0.15, -0.1) is 0 Å². The Morgan fingerprint density at radius 1 is 1.19 bits per heavy atom. The third kappa shape index (κ3) is 4.58. The molecule has 0 bridgehead atoms. The van der Waals surface area contributed by atoms with Gasteiger partial charge in [0.2, 0.25) is 0 Å². The van der Waals surface area contributed by atoms with Crippen LogP contribution in [-0.4, -0.2) is 37.6 Å². The minimum atomic E-state index is -3.35. The lowest BCUT2D eigenvalue weighted by atomic mass is 10.2. The fraction of sp³-hybridized carbons (Fsp3) is 0.278. The van der Waals surface area contributed by atoms with Gasteiger partial charge >= 0.3 is 0 Å². The zero-order valence-corrected chi connectivity index (χ0v) is 15.4. The maximum atomic E-state index is 12.1. The van der Waals surface area contributed by atoms with Gasteiger partial charge in [-0.2, -0.15) is 5.26 Å². The van der Waals surface area contributed by atoms with Crippen molar-refractivity contribution in [2.45, 2.75) is 24.0 Å². The normalized spacial score (nSPS) is 11.0. The van der Waals surface area contributed by atoms with E-state index in [4.69, 9.17) is 5.26 Å². The van der Waals surface area contributed by atoms with E-state index in [-0.39, 0.29) is 10.8 Å². The molecule has 0 saturated carbocycles. The first-order valence-corrected chi connectivity index (χ1v) is 9.62. The Bertz CT molecular complexity index is 916. The van der Waals surface area contributed by atoms with Crippen molar-refractivity contribution >= 4 is 21.6 Å². The summed E-state index contributed by atoms with van der Waals surface area (Å²) in [5, 5.41) is 14.2. The molecule has 2 N–H and O–H groups in total. The molecule has 0 aliphatic carbocycles. The predicted molar refractivity (Wildman–Crippen MR) is 98.5 cm³/mol. The predicted octanol–water partition coefficient (Wildman–Crippen LogP) is 1.98. The molecule has 1 aromatic heterocycles. The summed E-state index contributed by atoms with van der Waals surface area (Å²) >= 11 is 0. The molecule has 0 radical (unpaired) electrons. The molecule has 2 aromatic rings. The van der Waals surface area contributed by atoms with Crippen LogP contribution in [0.15, 0.2) is 47.5 Å². The van der Waals surface area contributed by atoms with Crippen LogP contribution < -0.4 is 10.6 Å². The highest BCUT2D eigenvalue weighted by atomic mass is 32.2. The second kappa shape index (κ2) is 8.45. The van der Waals surface area contributed by atoms with Gasteiger partial charge in [-0.05, 0) is 50.2 Å². The van der Waals surface area contributed by atoms with E-state index >= 15 is 0 Å². The first-order valence-electron chi connectivity index (χ1n) is 8.07. The maximum Gasteiger partial charge on any atom is 0.251 e. The number of rotatable bonds is 7. The number of nitrogens with one attached hydrogen (secondary N) is 2. The van der Waals surface area contributed by atoms with Gasteiger partial charge in [0.1, 0.15) is 11.9 Å². The van der Waals surface area contributed by atoms with Crippen LogP contribution in [0.1, 0.15) is 29.8 Å². The number of carbonyl (C=O) groups is 1. The molecule has 136 valence electrons. The summed E-state index contributed by atoms with van der Waals surface area (Å²) in [6.07, 6.45) is 1.58. The molecular weight excluding hydrogens is 352 g/mol. The lowest BCUT2D eigenvalue weighted by molar-refractivity contribution is 0.0955. The van der Waals surface area contributed by atoms with Gasteiger partial charge in [-0.3, -0.25) is 4.79 Å². The maximum absolute atomic E-state index is 12.1. The summed E-state index contributed by atoms with van der Waals surface area (Å²) in [7, 11) is -3.35. The second-order valence-corrected chi connectivity index (χ2v) is 8.32. The Kier molecular flexibility index (Phi) is 6.31. The average Bonchev–Trinajstić information content (AvgIpc) is 2.65. The minimum Gasteiger partial charge on any atom is -0.367 e. The van der Waals surface area contributed by atoms with E-state index in [1.807, 2.05) is 6.07 Å². The van der Waals surface area contributed by atoms with Crippen molar-refractivity contribution in [2.75, 3.05) is 18.4 Å². The molecule has 8 heteroatoms. The number of nitrogens with zero attached hydrogens (tertiary/aromatic N) is 2. The molecule has 7 nitrogen and oxygen atoms in total. The van der Waals surface area contributed by atoms with Gasteiger partial charge in [-0.25, -0.2) is 13.4 Å². The highest BCUT2D eigenvalue weighted by Gasteiger charge is 2.19. The highest BCUT2D eigenvalue weighted by Crippen LogP contribution is 2.16. The van der Waals surface area contributed by atoms with Crippen molar-refractivity contribution in [3.63, 3.8) is 0 Å². The summed E-state index contributed by atoms with van der Waals surface area (Å²) in [6, 6.07) is 11.2. The van der Waals surface area contributed by atoms with Gasteiger partial charge in [0, 0.05) is 24.8 Å². The number of sulfone groups is 1. The summed E-state index contributed by atoms with van der Waals surface area (Å²) in [5.74, 6) is 0.161. The van der Waals surface area contributed by atoms with Crippen molar-refractivity contribution < 1.29 is 13.2 Å². The van der Waals surface area contributed by atoms with Crippen molar-refractivity contribution in [3.05, 3.63) is 53.7 Å². The fourth-order valence-corrected chi connectivity index (χ4v) is 3.22. The van der Waals surface area contributed by atoms with E-state index < -0.39 is 15.1 Å².